The summed E-state index contributed by atoms with van der Waals surface area (Å²) >= 11 is 0. The molecule has 4 heteroatoms. The third-order valence-corrected chi connectivity index (χ3v) is 2.69. The van der Waals surface area contributed by atoms with Gasteiger partial charge in [0.25, 0.3) is 0 Å². The number of hydrogen-bond donors (Lipinski definition) is 1. The van der Waals surface area contributed by atoms with Crippen molar-refractivity contribution in [3.05, 3.63) is 29.8 Å². The molecule has 1 rings (SSSR count). The lowest BCUT2D eigenvalue weighted by molar-refractivity contribution is -0.130. The summed E-state index contributed by atoms with van der Waals surface area (Å²) in [5.41, 5.74) is 1.04. The lowest BCUT2D eigenvalue weighted by Gasteiger charge is -2.19. The number of ether oxygens (including phenoxy) is 1. The molecule has 1 N–H and O–H groups in total. The molecule has 0 radical (unpaired) electrons. The maximum atomic E-state index is 11.8. The number of rotatable bonds is 7. The van der Waals surface area contributed by atoms with E-state index in [-0.39, 0.29) is 5.91 Å². The van der Waals surface area contributed by atoms with Crippen molar-refractivity contribution in [1.29, 1.82) is 0 Å². The molecule has 1 aromatic carbocycles. The molecule has 4 nitrogen and oxygen atoms in total. The Morgan fingerprint density at radius 2 is 2.11 bits per heavy atom. The Morgan fingerprint density at radius 3 is 2.78 bits per heavy atom. The van der Waals surface area contributed by atoms with Crippen molar-refractivity contribution in [2.45, 2.75) is 19.9 Å². The highest BCUT2D eigenvalue weighted by Gasteiger charge is 2.11. The van der Waals surface area contributed by atoms with E-state index in [0.717, 1.165) is 11.3 Å². The van der Waals surface area contributed by atoms with Gasteiger partial charge in [-0.15, -0.1) is 0 Å². The molecule has 0 saturated carbocycles. The molecule has 0 aliphatic heterocycles. The maximum Gasteiger partial charge on any atom is 0.223 e. The molecule has 0 aliphatic carbocycles. The largest absolute Gasteiger partial charge is 0.494 e. The first-order valence-electron chi connectivity index (χ1n) is 6.28. The normalized spacial score (nSPS) is 10.2. The number of para-hydroxylation sites is 1. The van der Waals surface area contributed by atoms with Gasteiger partial charge in [0.15, 0.2) is 0 Å². The summed E-state index contributed by atoms with van der Waals surface area (Å²) in [7, 11) is 3.67. The second kappa shape index (κ2) is 7.71. The van der Waals surface area contributed by atoms with Crippen LogP contribution in [0, 0.1) is 0 Å². The van der Waals surface area contributed by atoms with Gasteiger partial charge in [0.2, 0.25) is 5.91 Å². The highest BCUT2D eigenvalue weighted by atomic mass is 16.5. The van der Waals surface area contributed by atoms with E-state index >= 15 is 0 Å². The van der Waals surface area contributed by atoms with Crippen molar-refractivity contribution < 1.29 is 9.53 Å². The van der Waals surface area contributed by atoms with E-state index in [1.54, 1.807) is 4.90 Å². The summed E-state index contributed by atoms with van der Waals surface area (Å²) in [5, 5.41) is 2.98. The Kier molecular flexibility index (Phi) is 6.22. The summed E-state index contributed by atoms with van der Waals surface area (Å²) in [5.74, 6) is 0.990. The van der Waals surface area contributed by atoms with Gasteiger partial charge >= 0.3 is 0 Å². The molecule has 0 aliphatic rings. The number of hydrogen-bond acceptors (Lipinski definition) is 3. The SMILES string of the molecule is CCOc1ccccc1CN(C)C(=O)CCNC. The Balaban J connectivity index is 2.63. The van der Waals surface area contributed by atoms with E-state index in [9.17, 15) is 4.79 Å². The lowest BCUT2D eigenvalue weighted by Crippen LogP contribution is -2.28. The Morgan fingerprint density at radius 1 is 1.39 bits per heavy atom. The first kappa shape index (κ1) is 14.5. The van der Waals surface area contributed by atoms with Crippen LogP contribution in [0.15, 0.2) is 24.3 Å². The molecule has 18 heavy (non-hydrogen) atoms. The van der Waals surface area contributed by atoms with Crippen molar-refractivity contribution in [1.82, 2.24) is 10.2 Å². The zero-order valence-electron chi connectivity index (χ0n) is 11.4. The van der Waals surface area contributed by atoms with Gasteiger partial charge in [0.05, 0.1) is 6.61 Å². The number of carbonyl (C=O) groups excluding carboxylic acids is 1. The van der Waals surface area contributed by atoms with E-state index in [1.807, 2.05) is 45.3 Å². The molecule has 0 atom stereocenters. The first-order valence-corrected chi connectivity index (χ1v) is 6.28. The van der Waals surface area contributed by atoms with Crippen molar-refractivity contribution in [2.75, 3.05) is 27.2 Å². The van der Waals surface area contributed by atoms with Crippen LogP contribution in [0.1, 0.15) is 18.9 Å². The van der Waals surface area contributed by atoms with Gasteiger partial charge in [-0.1, -0.05) is 18.2 Å². The van der Waals surface area contributed by atoms with Gasteiger partial charge in [0.1, 0.15) is 5.75 Å². The summed E-state index contributed by atoms with van der Waals surface area (Å²) in [4.78, 5) is 13.6. The summed E-state index contributed by atoms with van der Waals surface area (Å²) in [6, 6.07) is 7.83. The minimum absolute atomic E-state index is 0.135. The van der Waals surface area contributed by atoms with Gasteiger partial charge in [-0.3, -0.25) is 4.79 Å². The van der Waals surface area contributed by atoms with Crippen LogP contribution in [-0.4, -0.2) is 38.1 Å². The molecule has 0 spiro atoms. The van der Waals surface area contributed by atoms with Gasteiger partial charge in [-0.05, 0) is 20.0 Å². The summed E-state index contributed by atoms with van der Waals surface area (Å²) < 4.78 is 5.55. The predicted molar refractivity (Wildman–Crippen MR) is 72.6 cm³/mol. The fourth-order valence-electron chi connectivity index (χ4n) is 1.70. The quantitative estimate of drug-likeness (QED) is 0.800. The Bertz CT molecular complexity index is 380. The lowest BCUT2D eigenvalue weighted by atomic mass is 10.2. The standard InChI is InChI=1S/C14H22N2O2/c1-4-18-13-8-6-5-7-12(13)11-16(3)14(17)9-10-15-2/h5-8,15H,4,9-11H2,1-3H3. The van der Waals surface area contributed by atoms with Gasteiger partial charge in [0, 0.05) is 32.1 Å². The monoisotopic (exact) mass is 250 g/mol. The van der Waals surface area contributed by atoms with E-state index in [1.165, 1.54) is 0 Å². The van der Waals surface area contributed by atoms with Crippen molar-refractivity contribution >= 4 is 5.91 Å². The van der Waals surface area contributed by atoms with Crippen LogP contribution in [0.25, 0.3) is 0 Å². The van der Waals surface area contributed by atoms with E-state index in [0.29, 0.717) is 26.1 Å². The molecule has 0 aromatic heterocycles. The zero-order valence-corrected chi connectivity index (χ0v) is 11.4. The fourth-order valence-corrected chi connectivity index (χ4v) is 1.70. The maximum absolute atomic E-state index is 11.8. The zero-order chi connectivity index (χ0) is 13.4. The first-order chi connectivity index (χ1) is 8.69. The molecule has 1 aromatic rings. The number of nitrogens with zero attached hydrogens (tertiary/aromatic N) is 1. The molecule has 0 bridgehead atoms. The van der Waals surface area contributed by atoms with Gasteiger partial charge in [-0.25, -0.2) is 0 Å². The topological polar surface area (TPSA) is 41.6 Å². The number of nitrogens with one attached hydrogen (secondary N) is 1. The number of carbonyl (C=O) groups is 1. The summed E-state index contributed by atoms with van der Waals surface area (Å²) in [6.45, 7) is 3.88. The van der Waals surface area contributed by atoms with Crippen molar-refractivity contribution in [3.8, 4) is 5.75 Å². The van der Waals surface area contributed by atoms with Crippen LogP contribution in [0.3, 0.4) is 0 Å². The van der Waals surface area contributed by atoms with E-state index in [2.05, 4.69) is 5.32 Å². The molecule has 100 valence electrons. The third kappa shape index (κ3) is 4.37. The second-order valence-electron chi connectivity index (χ2n) is 4.14. The number of amides is 1. The van der Waals surface area contributed by atoms with Crippen LogP contribution in [0.2, 0.25) is 0 Å². The van der Waals surface area contributed by atoms with Crippen LogP contribution in [0.5, 0.6) is 5.75 Å². The molecular weight excluding hydrogens is 228 g/mol. The van der Waals surface area contributed by atoms with Crippen LogP contribution < -0.4 is 10.1 Å². The van der Waals surface area contributed by atoms with Gasteiger partial charge in [-0.2, -0.15) is 0 Å². The minimum Gasteiger partial charge on any atom is -0.494 e. The van der Waals surface area contributed by atoms with E-state index in [4.69, 9.17) is 4.74 Å². The van der Waals surface area contributed by atoms with Crippen molar-refractivity contribution in [2.24, 2.45) is 0 Å². The molecule has 0 saturated heterocycles. The van der Waals surface area contributed by atoms with Crippen LogP contribution in [0.4, 0.5) is 0 Å². The Hall–Kier alpha value is -1.55. The smallest absolute Gasteiger partial charge is 0.223 e. The highest BCUT2D eigenvalue weighted by molar-refractivity contribution is 5.76. The van der Waals surface area contributed by atoms with Gasteiger partial charge < -0.3 is 15.0 Å². The third-order valence-electron chi connectivity index (χ3n) is 2.69. The molecular formula is C14H22N2O2. The molecule has 1 amide bonds. The molecule has 0 unspecified atom stereocenters. The second-order valence-corrected chi connectivity index (χ2v) is 4.14. The average molecular weight is 250 g/mol. The van der Waals surface area contributed by atoms with Crippen molar-refractivity contribution in [3.63, 3.8) is 0 Å². The predicted octanol–water partition coefficient (Wildman–Crippen LogP) is 1.65. The Labute approximate surface area is 109 Å². The van der Waals surface area contributed by atoms with Crippen LogP contribution in [-0.2, 0) is 11.3 Å². The fraction of sp³-hybridized carbons (Fsp3) is 0.500. The van der Waals surface area contributed by atoms with Crippen LogP contribution >= 0.6 is 0 Å². The molecule has 0 fully saturated rings. The van der Waals surface area contributed by atoms with E-state index < -0.39 is 0 Å². The molecule has 0 heterocycles. The minimum atomic E-state index is 0.135. The average Bonchev–Trinajstić information content (AvgIpc) is 2.38. The summed E-state index contributed by atoms with van der Waals surface area (Å²) in [6.07, 6.45) is 0.518. The number of benzene rings is 1. The highest BCUT2D eigenvalue weighted by Crippen LogP contribution is 2.19.